The molecule has 3 spiro atoms. The summed E-state index contributed by atoms with van der Waals surface area (Å²) in [5.74, 6) is -4.98. The molecule has 4 aliphatic carbocycles. The van der Waals surface area contributed by atoms with Crippen LogP contribution in [0.2, 0.25) is 0 Å². The topological polar surface area (TPSA) is 99.1 Å². The lowest BCUT2D eigenvalue weighted by Gasteiger charge is -2.76. The van der Waals surface area contributed by atoms with Crippen LogP contribution in [0.25, 0.3) is 0 Å². The van der Waals surface area contributed by atoms with Gasteiger partial charge >= 0.3 is 0 Å². The molecule has 7 heteroatoms. The highest BCUT2D eigenvalue weighted by Gasteiger charge is 2.90. The highest BCUT2D eigenvalue weighted by atomic mass is 16.8. The Bertz CT molecular complexity index is 952. The third-order valence-corrected chi connectivity index (χ3v) is 9.59. The van der Waals surface area contributed by atoms with Crippen LogP contribution in [0, 0.1) is 39.9 Å². The molecule has 9 unspecified atom stereocenters. The fourth-order valence-corrected chi connectivity index (χ4v) is 8.97. The van der Waals surface area contributed by atoms with Crippen LogP contribution in [-0.4, -0.2) is 53.3 Å². The highest BCUT2D eigenvalue weighted by molar-refractivity contribution is 6.07. The molecule has 0 aromatic rings. The van der Waals surface area contributed by atoms with Crippen LogP contribution >= 0.6 is 0 Å². The van der Waals surface area contributed by atoms with Gasteiger partial charge in [0, 0.05) is 11.8 Å². The standard InChI is InChI=1S/C24H30O7/c1-11-13-6-7-14-22-10-29-24(23(14,16(11)26)19(13)30-21(4,5)31-24)18(28)15(22)20(2,3)8-12(9-25)17(22)27/h9,12-15,18-19,28H,1,6-8,10H2,2-5H3. The first-order chi connectivity index (χ1) is 14.4. The fourth-order valence-electron chi connectivity index (χ4n) is 8.97. The van der Waals surface area contributed by atoms with Crippen molar-refractivity contribution in [2.75, 3.05) is 6.61 Å². The average molecular weight is 430 g/mol. The van der Waals surface area contributed by atoms with Gasteiger partial charge in [-0.05, 0) is 50.0 Å². The van der Waals surface area contributed by atoms with E-state index in [2.05, 4.69) is 6.58 Å². The number of rotatable bonds is 1. The first-order valence-corrected chi connectivity index (χ1v) is 11.3. The van der Waals surface area contributed by atoms with Crippen molar-refractivity contribution in [3.63, 3.8) is 0 Å². The molecule has 168 valence electrons. The smallest absolute Gasteiger partial charge is 0.213 e. The molecule has 7 fully saturated rings. The van der Waals surface area contributed by atoms with Gasteiger partial charge in [-0.25, -0.2) is 0 Å². The van der Waals surface area contributed by atoms with Gasteiger partial charge < -0.3 is 24.1 Å². The molecule has 3 aliphatic heterocycles. The summed E-state index contributed by atoms with van der Waals surface area (Å²) in [5, 5.41) is 12.0. The summed E-state index contributed by atoms with van der Waals surface area (Å²) in [6, 6.07) is 0. The summed E-state index contributed by atoms with van der Waals surface area (Å²) in [4.78, 5) is 39.8. The minimum atomic E-state index is -1.60. The van der Waals surface area contributed by atoms with E-state index in [1.165, 1.54) is 0 Å². The summed E-state index contributed by atoms with van der Waals surface area (Å²) in [6.45, 7) is 11.7. The van der Waals surface area contributed by atoms with Gasteiger partial charge in [-0.1, -0.05) is 20.4 Å². The van der Waals surface area contributed by atoms with Crippen molar-refractivity contribution in [3.05, 3.63) is 12.2 Å². The van der Waals surface area contributed by atoms with Gasteiger partial charge in [0.1, 0.15) is 17.8 Å². The lowest BCUT2D eigenvalue weighted by atomic mass is 9.35. The van der Waals surface area contributed by atoms with Gasteiger partial charge in [0.15, 0.2) is 17.4 Å². The van der Waals surface area contributed by atoms with Crippen molar-refractivity contribution in [2.24, 2.45) is 39.9 Å². The van der Waals surface area contributed by atoms with Crippen LogP contribution in [-0.2, 0) is 28.6 Å². The number of hydrogen-bond donors (Lipinski definition) is 1. The van der Waals surface area contributed by atoms with Gasteiger partial charge in [-0.15, -0.1) is 0 Å². The van der Waals surface area contributed by atoms with Crippen molar-refractivity contribution in [3.8, 4) is 0 Å². The zero-order valence-corrected chi connectivity index (χ0v) is 18.5. The molecule has 0 amide bonds. The Hall–Kier alpha value is -1.41. The summed E-state index contributed by atoms with van der Waals surface area (Å²) in [7, 11) is 0. The monoisotopic (exact) mass is 430 g/mol. The number of carbonyl (C=O) groups excluding carboxylic acids is 3. The number of ether oxygens (including phenoxy) is 3. The Morgan fingerprint density at radius 2 is 1.87 bits per heavy atom. The van der Waals surface area contributed by atoms with Gasteiger partial charge in [-0.3, -0.25) is 9.59 Å². The third-order valence-electron chi connectivity index (χ3n) is 9.59. The van der Waals surface area contributed by atoms with Crippen molar-refractivity contribution >= 4 is 17.9 Å². The van der Waals surface area contributed by atoms with E-state index in [1.54, 1.807) is 13.8 Å². The van der Waals surface area contributed by atoms with Gasteiger partial charge in [0.25, 0.3) is 0 Å². The SMILES string of the molecule is C=C1C(=O)C23C4OC(C)(C)OC25OCC2(C(=O)C(C=O)CC(C)(C)C2C5O)C3CCC14. The average Bonchev–Trinajstić information content (AvgIpc) is 2.80. The molecule has 4 saturated carbocycles. The maximum absolute atomic E-state index is 14.0. The Morgan fingerprint density at radius 1 is 1.16 bits per heavy atom. The lowest BCUT2D eigenvalue weighted by molar-refractivity contribution is -0.523. The number of fused-ring (bicyclic) bond motifs is 1. The molecule has 3 heterocycles. The number of carbonyl (C=O) groups is 3. The number of aliphatic hydroxyl groups excluding tert-OH is 1. The van der Waals surface area contributed by atoms with Gasteiger partial charge in [0.05, 0.1) is 24.0 Å². The van der Waals surface area contributed by atoms with E-state index in [-0.39, 0.29) is 24.1 Å². The molecule has 0 aromatic heterocycles. The van der Waals surface area contributed by atoms with E-state index >= 15 is 0 Å². The first kappa shape index (κ1) is 20.2. The molecular weight excluding hydrogens is 400 g/mol. The quantitative estimate of drug-likeness (QED) is 0.385. The van der Waals surface area contributed by atoms with Crippen molar-refractivity contribution in [1.82, 2.24) is 0 Å². The van der Waals surface area contributed by atoms with Crippen LogP contribution in [0.3, 0.4) is 0 Å². The van der Waals surface area contributed by atoms with E-state index in [4.69, 9.17) is 14.2 Å². The molecule has 9 atom stereocenters. The summed E-state index contributed by atoms with van der Waals surface area (Å²) in [6.07, 6.45) is 0.601. The number of hydrogen-bond acceptors (Lipinski definition) is 7. The second-order valence-electron chi connectivity index (χ2n) is 11.7. The van der Waals surface area contributed by atoms with Gasteiger partial charge in [-0.2, -0.15) is 0 Å². The summed E-state index contributed by atoms with van der Waals surface area (Å²) in [5.41, 5.74) is -2.51. The molecule has 7 rings (SSSR count). The number of aldehydes is 1. The number of aliphatic hydroxyl groups is 1. The fraction of sp³-hybridized carbons (Fsp3) is 0.792. The van der Waals surface area contributed by atoms with Crippen LogP contribution in [0.5, 0.6) is 0 Å². The Labute approximate surface area is 181 Å². The highest BCUT2D eigenvalue weighted by Crippen LogP contribution is 2.78. The van der Waals surface area contributed by atoms with Crippen molar-refractivity contribution in [1.29, 1.82) is 0 Å². The number of ketones is 2. The predicted molar refractivity (Wildman–Crippen MR) is 106 cm³/mol. The lowest BCUT2D eigenvalue weighted by Crippen LogP contribution is -2.88. The van der Waals surface area contributed by atoms with Crippen molar-refractivity contribution in [2.45, 2.75) is 70.7 Å². The van der Waals surface area contributed by atoms with Crippen LogP contribution < -0.4 is 0 Å². The maximum Gasteiger partial charge on any atom is 0.213 e. The molecular formula is C24H30O7. The molecule has 3 saturated heterocycles. The number of Topliss-reactive ketones (excluding diaryl/α,β-unsaturated/α-hetero) is 2. The zero-order chi connectivity index (χ0) is 22.4. The predicted octanol–water partition coefficient (Wildman–Crippen LogP) is 1.81. The molecule has 7 aliphatic rings. The van der Waals surface area contributed by atoms with Crippen LogP contribution in [0.4, 0.5) is 0 Å². The minimum Gasteiger partial charge on any atom is -0.387 e. The normalized spacial score (nSPS) is 55.6. The van der Waals surface area contributed by atoms with Crippen molar-refractivity contribution < 1.29 is 33.7 Å². The minimum absolute atomic E-state index is 0.0426. The van der Waals surface area contributed by atoms with E-state index in [9.17, 15) is 19.5 Å². The van der Waals surface area contributed by atoms with E-state index in [0.29, 0.717) is 24.8 Å². The molecule has 0 aromatic carbocycles. The molecule has 0 radical (unpaired) electrons. The first-order valence-electron chi connectivity index (χ1n) is 11.3. The van der Waals surface area contributed by atoms with E-state index < -0.39 is 57.8 Å². The molecule has 7 nitrogen and oxygen atoms in total. The molecule has 31 heavy (non-hydrogen) atoms. The van der Waals surface area contributed by atoms with E-state index in [1.807, 2.05) is 13.8 Å². The Kier molecular flexibility index (Phi) is 3.51. The molecule has 4 bridgehead atoms. The second-order valence-corrected chi connectivity index (χ2v) is 11.7. The Balaban J connectivity index is 1.68. The van der Waals surface area contributed by atoms with E-state index in [0.717, 1.165) is 6.29 Å². The van der Waals surface area contributed by atoms with Crippen LogP contribution in [0.1, 0.15) is 47.0 Å². The Morgan fingerprint density at radius 3 is 2.55 bits per heavy atom. The summed E-state index contributed by atoms with van der Waals surface area (Å²) < 4.78 is 19.2. The zero-order valence-electron chi connectivity index (χ0n) is 18.5. The maximum atomic E-state index is 14.0. The third kappa shape index (κ3) is 1.81. The van der Waals surface area contributed by atoms with Gasteiger partial charge in [0.2, 0.25) is 5.79 Å². The molecule has 1 N–H and O–H groups in total. The van der Waals surface area contributed by atoms with Crippen LogP contribution in [0.15, 0.2) is 12.2 Å². The second kappa shape index (κ2) is 5.38. The largest absolute Gasteiger partial charge is 0.387 e. The summed E-state index contributed by atoms with van der Waals surface area (Å²) >= 11 is 0.